The standard InChI is InChI=1S/C10H13FINO/c1-10(13,4-5-14)7-2-3-9(12)8(11)6-7/h2-3,6,14H,4-5,13H2,1H3/t10-/m0/s1. The molecule has 0 aliphatic carbocycles. The van der Waals surface area contributed by atoms with Crippen LogP contribution < -0.4 is 5.73 Å². The molecule has 3 N–H and O–H groups in total. The molecule has 0 radical (unpaired) electrons. The van der Waals surface area contributed by atoms with Crippen molar-refractivity contribution in [3.8, 4) is 0 Å². The average molecular weight is 309 g/mol. The number of benzene rings is 1. The van der Waals surface area contributed by atoms with Gasteiger partial charge < -0.3 is 10.8 Å². The zero-order valence-electron chi connectivity index (χ0n) is 7.93. The first-order chi connectivity index (χ1) is 6.47. The highest BCUT2D eigenvalue weighted by atomic mass is 127. The van der Waals surface area contributed by atoms with E-state index in [0.717, 1.165) is 0 Å². The van der Waals surface area contributed by atoms with Gasteiger partial charge in [0.1, 0.15) is 5.82 Å². The molecule has 14 heavy (non-hydrogen) atoms. The zero-order valence-corrected chi connectivity index (χ0v) is 10.1. The number of aliphatic hydroxyl groups is 1. The quantitative estimate of drug-likeness (QED) is 0.839. The van der Waals surface area contributed by atoms with E-state index in [4.69, 9.17) is 10.8 Å². The summed E-state index contributed by atoms with van der Waals surface area (Å²) in [6.45, 7) is 1.78. The Labute approximate surface area is 96.5 Å². The second kappa shape index (κ2) is 4.55. The van der Waals surface area contributed by atoms with Gasteiger partial charge in [0.25, 0.3) is 0 Å². The maximum atomic E-state index is 13.2. The summed E-state index contributed by atoms with van der Waals surface area (Å²) in [7, 11) is 0. The summed E-state index contributed by atoms with van der Waals surface area (Å²) in [6.07, 6.45) is 0.424. The molecule has 4 heteroatoms. The van der Waals surface area contributed by atoms with Crippen molar-refractivity contribution in [1.82, 2.24) is 0 Å². The monoisotopic (exact) mass is 309 g/mol. The summed E-state index contributed by atoms with van der Waals surface area (Å²) < 4.78 is 13.8. The van der Waals surface area contributed by atoms with Gasteiger partial charge in [0.05, 0.1) is 0 Å². The molecular formula is C10H13FINO. The molecular weight excluding hydrogens is 296 g/mol. The molecule has 1 aromatic rings. The molecule has 0 unspecified atom stereocenters. The van der Waals surface area contributed by atoms with Crippen molar-refractivity contribution in [3.63, 3.8) is 0 Å². The van der Waals surface area contributed by atoms with E-state index in [1.54, 1.807) is 19.1 Å². The van der Waals surface area contributed by atoms with Crippen molar-refractivity contribution >= 4 is 22.6 Å². The van der Waals surface area contributed by atoms with E-state index < -0.39 is 5.54 Å². The average Bonchev–Trinajstić information content (AvgIpc) is 2.09. The van der Waals surface area contributed by atoms with Crippen molar-refractivity contribution in [3.05, 3.63) is 33.1 Å². The van der Waals surface area contributed by atoms with Crippen LogP contribution in [0.2, 0.25) is 0 Å². The Morgan fingerprint density at radius 1 is 1.57 bits per heavy atom. The van der Waals surface area contributed by atoms with Crippen LogP contribution in [0.5, 0.6) is 0 Å². The normalized spacial score (nSPS) is 15.2. The van der Waals surface area contributed by atoms with Crippen LogP contribution in [-0.4, -0.2) is 11.7 Å². The largest absolute Gasteiger partial charge is 0.396 e. The molecule has 0 saturated heterocycles. The fourth-order valence-electron chi connectivity index (χ4n) is 1.23. The van der Waals surface area contributed by atoms with Crippen LogP contribution in [0.3, 0.4) is 0 Å². The minimum atomic E-state index is -0.667. The third kappa shape index (κ3) is 2.65. The zero-order chi connectivity index (χ0) is 10.8. The Kier molecular flexibility index (Phi) is 3.86. The molecule has 1 aromatic carbocycles. The molecule has 1 atom stereocenters. The van der Waals surface area contributed by atoms with Gasteiger partial charge in [-0.3, -0.25) is 0 Å². The number of halogens is 2. The van der Waals surface area contributed by atoms with E-state index >= 15 is 0 Å². The molecule has 0 aromatic heterocycles. The van der Waals surface area contributed by atoms with Gasteiger partial charge in [-0.1, -0.05) is 6.07 Å². The molecule has 2 nitrogen and oxygen atoms in total. The van der Waals surface area contributed by atoms with E-state index in [1.807, 2.05) is 22.6 Å². The van der Waals surface area contributed by atoms with Gasteiger partial charge in [-0.15, -0.1) is 0 Å². The van der Waals surface area contributed by atoms with Crippen molar-refractivity contribution in [2.24, 2.45) is 5.73 Å². The van der Waals surface area contributed by atoms with Gasteiger partial charge >= 0.3 is 0 Å². The van der Waals surface area contributed by atoms with Gasteiger partial charge in [-0.2, -0.15) is 0 Å². The van der Waals surface area contributed by atoms with Gasteiger partial charge in [-0.25, -0.2) is 4.39 Å². The maximum absolute atomic E-state index is 13.2. The summed E-state index contributed by atoms with van der Waals surface area (Å²) >= 11 is 1.93. The van der Waals surface area contributed by atoms with Gasteiger partial charge in [0, 0.05) is 15.7 Å². The highest BCUT2D eigenvalue weighted by Gasteiger charge is 2.21. The van der Waals surface area contributed by atoms with Crippen LogP contribution >= 0.6 is 22.6 Å². The van der Waals surface area contributed by atoms with Gasteiger partial charge in [0.2, 0.25) is 0 Å². The van der Waals surface area contributed by atoms with E-state index in [-0.39, 0.29) is 12.4 Å². The summed E-state index contributed by atoms with van der Waals surface area (Å²) in [4.78, 5) is 0. The predicted molar refractivity (Wildman–Crippen MR) is 62.4 cm³/mol. The SMILES string of the molecule is C[C@](N)(CCO)c1ccc(I)c(F)c1. The lowest BCUT2D eigenvalue weighted by molar-refractivity contribution is 0.247. The Hall–Kier alpha value is -0.200. The highest BCUT2D eigenvalue weighted by molar-refractivity contribution is 14.1. The van der Waals surface area contributed by atoms with Crippen molar-refractivity contribution in [1.29, 1.82) is 0 Å². The molecule has 0 bridgehead atoms. The fourth-order valence-corrected chi connectivity index (χ4v) is 1.56. The van der Waals surface area contributed by atoms with Gasteiger partial charge in [0.15, 0.2) is 0 Å². The molecule has 0 aliphatic rings. The maximum Gasteiger partial charge on any atom is 0.136 e. The predicted octanol–water partition coefficient (Wildman–Crippen LogP) is 1.99. The van der Waals surface area contributed by atoms with Crippen molar-refractivity contribution < 1.29 is 9.50 Å². The van der Waals surface area contributed by atoms with Crippen molar-refractivity contribution in [2.45, 2.75) is 18.9 Å². The number of hydrogen-bond acceptors (Lipinski definition) is 2. The first-order valence-electron chi connectivity index (χ1n) is 4.32. The van der Waals surface area contributed by atoms with Crippen LogP contribution in [-0.2, 0) is 5.54 Å². The van der Waals surface area contributed by atoms with Crippen LogP contribution in [0, 0.1) is 9.39 Å². The molecule has 0 amide bonds. The summed E-state index contributed by atoms with van der Waals surface area (Å²) in [6, 6.07) is 4.91. The molecule has 1 rings (SSSR count). The summed E-state index contributed by atoms with van der Waals surface area (Å²) in [5.41, 5.74) is 5.98. The third-order valence-electron chi connectivity index (χ3n) is 2.21. The van der Waals surface area contributed by atoms with Crippen LogP contribution in [0.15, 0.2) is 18.2 Å². The first kappa shape index (κ1) is 11.9. The second-order valence-corrected chi connectivity index (χ2v) is 4.68. The minimum absolute atomic E-state index is 0.000601. The summed E-state index contributed by atoms with van der Waals surface area (Å²) in [5, 5.41) is 8.81. The van der Waals surface area contributed by atoms with Gasteiger partial charge in [-0.05, 0) is 53.6 Å². The van der Waals surface area contributed by atoms with E-state index in [1.165, 1.54) is 6.07 Å². The lowest BCUT2D eigenvalue weighted by Gasteiger charge is -2.24. The smallest absolute Gasteiger partial charge is 0.136 e. The third-order valence-corrected chi connectivity index (χ3v) is 3.09. The number of hydrogen-bond donors (Lipinski definition) is 2. The van der Waals surface area contributed by atoms with Crippen LogP contribution in [0.1, 0.15) is 18.9 Å². The molecule has 0 fully saturated rings. The molecule has 0 saturated carbocycles. The Bertz CT molecular complexity index is 328. The fraction of sp³-hybridized carbons (Fsp3) is 0.400. The first-order valence-corrected chi connectivity index (χ1v) is 5.40. The van der Waals surface area contributed by atoms with Crippen LogP contribution in [0.25, 0.3) is 0 Å². The molecule has 0 heterocycles. The highest BCUT2D eigenvalue weighted by Crippen LogP contribution is 2.23. The Morgan fingerprint density at radius 2 is 2.21 bits per heavy atom. The van der Waals surface area contributed by atoms with Crippen molar-refractivity contribution in [2.75, 3.05) is 6.61 Å². The number of rotatable bonds is 3. The lowest BCUT2D eigenvalue weighted by atomic mass is 9.90. The number of aliphatic hydroxyl groups excluding tert-OH is 1. The van der Waals surface area contributed by atoms with E-state index in [0.29, 0.717) is 15.6 Å². The molecule has 0 spiro atoms. The van der Waals surface area contributed by atoms with E-state index in [9.17, 15) is 4.39 Å². The Morgan fingerprint density at radius 3 is 2.71 bits per heavy atom. The molecule has 0 aliphatic heterocycles. The minimum Gasteiger partial charge on any atom is -0.396 e. The lowest BCUT2D eigenvalue weighted by Crippen LogP contribution is -2.34. The second-order valence-electron chi connectivity index (χ2n) is 3.52. The van der Waals surface area contributed by atoms with E-state index in [2.05, 4.69) is 0 Å². The van der Waals surface area contributed by atoms with Crippen LogP contribution in [0.4, 0.5) is 4.39 Å². The molecule has 78 valence electrons. The Balaban J connectivity index is 3.01. The summed E-state index contributed by atoms with van der Waals surface area (Å²) in [5.74, 6) is -0.266. The number of nitrogens with two attached hydrogens (primary N) is 1. The topological polar surface area (TPSA) is 46.2 Å².